The molecule has 76 valence electrons. The topological polar surface area (TPSA) is 42.2 Å². The molecule has 0 spiro atoms. The fraction of sp³-hybridized carbons (Fsp3) is 0.545. The van der Waals surface area contributed by atoms with E-state index in [-0.39, 0.29) is 0 Å². The Hall–Kier alpha value is -1.25. The second kappa shape index (κ2) is 3.48. The van der Waals surface area contributed by atoms with Crippen molar-refractivity contribution in [3.05, 3.63) is 23.5 Å². The summed E-state index contributed by atoms with van der Waals surface area (Å²) in [5.41, 5.74) is 1.58. The largest absolute Gasteiger partial charge is 0.477 e. The summed E-state index contributed by atoms with van der Waals surface area (Å²) in [6.45, 7) is 0. The van der Waals surface area contributed by atoms with Gasteiger partial charge in [0.25, 0.3) is 0 Å². The molecule has 0 saturated heterocycles. The monoisotopic (exact) mass is 193 g/mol. The van der Waals surface area contributed by atoms with Gasteiger partial charge in [-0.25, -0.2) is 4.79 Å². The van der Waals surface area contributed by atoms with Gasteiger partial charge in [0.05, 0.1) is 0 Å². The van der Waals surface area contributed by atoms with E-state index in [4.69, 9.17) is 5.11 Å². The Labute approximate surface area is 83.4 Å². The molecule has 1 fully saturated rings. The van der Waals surface area contributed by atoms with Crippen LogP contribution in [0.3, 0.4) is 0 Å². The summed E-state index contributed by atoms with van der Waals surface area (Å²) in [4.78, 5) is 10.8. The van der Waals surface area contributed by atoms with Gasteiger partial charge in [0, 0.05) is 12.7 Å². The summed E-state index contributed by atoms with van der Waals surface area (Å²) in [5.74, 6) is -0.259. The lowest BCUT2D eigenvalue weighted by Crippen LogP contribution is -2.08. The van der Waals surface area contributed by atoms with Crippen molar-refractivity contribution in [1.29, 1.82) is 0 Å². The van der Waals surface area contributed by atoms with Crippen LogP contribution in [0.5, 0.6) is 0 Å². The van der Waals surface area contributed by atoms with Gasteiger partial charge >= 0.3 is 5.97 Å². The Kier molecular flexibility index (Phi) is 2.32. The highest BCUT2D eigenvalue weighted by Crippen LogP contribution is 2.34. The van der Waals surface area contributed by atoms with E-state index in [1.165, 1.54) is 31.4 Å². The fourth-order valence-electron chi connectivity index (χ4n) is 2.37. The van der Waals surface area contributed by atoms with E-state index in [2.05, 4.69) is 0 Å². The molecule has 0 unspecified atom stereocenters. The average molecular weight is 193 g/mol. The molecule has 0 amide bonds. The number of hydrogen-bond acceptors (Lipinski definition) is 1. The zero-order chi connectivity index (χ0) is 10.1. The first kappa shape index (κ1) is 9.31. The number of carboxylic acid groups (broad SMARTS) is 1. The van der Waals surface area contributed by atoms with Crippen molar-refractivity contribution in [3.63, 3.8) is 0 Å². The quantitative estimate of drug-likeness (QED) is 0.783. The highest BCUT2D eigenvalue weighted by Gasteiger charge is 2.21. The van der Waals surface area contributed by atoms with Gasteiger partial charge in [-0.3, -0.25) is 0 Å². The molecule has 0 bridgehead atoms. The predicted octanol–water partition coefficient (Wildman–Crippen LogP) is 2.38. The minimum absolute atomic E-state index is 0.395. The second-order valence-corrected chi connectivity index (χ2v) is 3.99. The first-order valence-corrected chi connectivity index (χ1v) is 5.09. The van der Waals surface area contributed by atoms with Crippen molar-refractivity contribution < 1.29 is 9.90 Å². The van der Waals surface area contributed by atoms with Crippen LogP contribution in [0.4, 0.5) is 0 Å². The summed E-state index contributed by atoms with van der Waals surface area (Å²) in [6, 6.07) is 3.66. The lowest BCUT2D eigenvalue weighted by Gasteiger charge is -2.11. The molecular weight excluding hydrogens is 178 g/mol. The number of nitrogens with zero attached hydrogens (tertiary/aromatic N) is 1. The second-order valence-electron chi connectivity index (χ2n) is 3.99. The maximum atomic E-state index is 10.8. The molecule has 1 aliphatic rings. The highest BCUT2D eigenvalue weighted by molar-refractivity contribution is 5.86. The average Bonchev–Trinajstić information content (AvgIpc) is 2.71. The smallest absolute Gasteiger partial charge is 0.352 e. The minimum atomic E-state index is -0.836. The molecule has 1 aromatic heterocycles. The third-order valence-electron chi connectivity index (χ3n) is 3.15. The summed E-state index contributed by atoms with van der Waals surface area (Å²) < 4.78 is 1.82. The summed E-state index contributed by atoms with van der Waals surface area (Å²) in [5, 5.41) is 8.90. The van der Waals surface area contributed by atoms with Crippen molar-refractivity contribution in [2.45, 2.75) is 31.6 Å². The number of hydrogen-bond donors (Lipinski definition) is 1. The van der Waals surface area contributed by atoms with Gasteiger partial charge in [0.2, 0.25) is 0 Å². The molecular formula is C11H15NO2. The number of carbonyl (C=O) groups is 1. The van der Waals surface area contributed by atoms with Crippen LogP contribution in [0.15, 0.2) is 12.1 Å². The minimum Gasteiger partial charge on any atom is -0.477 e. The molecule has 1 N–H and O–H groups in total. The lowest BCUT2D eigenvalue weighted by molar-refractivity contribution is 0.0686. The van der Waals surface area contributed by atoms with Gasteiger partial charge in [-0.05, 0) is 30.9 Å². The van der Waals surface area contributed by atoms with E-state index in [1.54, 1.807) is 6.07 Å². The van der Waals surface area contributed by atoms with Crippen molar-refractivity contribution in [1.82, 2.24) is 4.57 Å². The number of rotatable bonds is 2. The van der Waals surface area contributed by atoms with Gasteiger partial charge in [-0.1, -0.05) is 12.8 Å². The Bertz CT molecular complexity index is 348. The van der Waals surface area contributed by atoms with Crippen molar-refractivity contribution in [3.8, 4) is 0 Å². The van der Waals surface area contributed by atoms with Gasteiger partial charge in [0.15, 0.2) is 0 Å². The van der Waals surface area contributed by atoms with Crippen LogP contribution in [0, 0.1) is 0 Å². The Balaban J connectivity index is 2.30. The van der Waals surface area contributed by atoms with E-state index >= 15 is 0 Å². The summed E-state index contributed by atoms with van der Waals surface area (Å²) in [7, 11) is 1.84. The molecule has 0 radical (unpaired) electrons. The molecule has 1 aliphatic carbocycles. The Morgan fingerprint density at radius 1 is 1.43 bits per heavy atom. The maximum Gasteiger partial charge on any atom is 0.352 e. The molecule has 0 aliphatic heterocycles. The van der Waals surface area contributed by atoms with Crippen LogP contribution in [-0.2, 0) is 7.05 Å². The zero-order valence-electron chi connectivity index (χ0n) is 8.36. The SMILES string of the molecule is Cn1c(C(=O)O)ccc1C1CCCC1. The van der Waals surface area contributed by atoms with Gasteiger partial charge in [-0.15, -0.1) is 0 Å². The molecule has 0 aromatic carbocycles. The lowest BCUT2D eigenvalue weighted by atomic mass is 10.0. The van der Waals surface area contributed by atoms with E-state index < -0.39 is 5.97 Å². The number of aromatic nitrogens is 1. The molecule has 2 rings (SSSR count). The first-order valence-electron chi connectivity index (χ1n) is 5.09. The molecule has 1 aromatic rings. The van der Waals surface area contributed by atoms with Crippen molar-refractivity contribution >= 4 is 5.97 Å². The fourth-order valence-corrected chi connectivity index (χ4v) is 2.37. The maximum absolute atomic E-state index is 10.8. The third-order valence-corrected chi connectivity index (χ3v) is 3.15. The molecule has 0 atom stereocenters. The first-order chi connectivity index (χ1) is 6.70. The van der Waals surface area contributed by atoms with Crippen molar-refractivity contribution in [2.75, 3.05) is 0 Å². The van der Waals surface area contributed by atoms with Crippen LogP contribution in [0.25, 0.3) is 0 Å². The van der Waals surface area contributed by atoms with E-state index in [0.717, 1.165) is 0 Å². The molecule has 1 saturated carbocycles. The zero-order valence-corrected chi connectivity index (χ0v) is 8.36. The van der Waals surface area contributed by atoms with Crippen molar-refractivity contribution in [2.24, 2.45) is 7.05 Å². The van der Waals surface area contributed by atoms with E-state index in [1.807, 2.05) is 17.7 Å². The van der Waals surface area contributed by atoms with E-state index in [9.17, 15) is 4.79 Å². The van der Waals surface area contributed by atoms with Crippen LogP contribution in [0.1, 0.15) is 47.8 Å². The molecule has 14 heavy (non-hydrogen) atoms. The van der Waals surface area contributed by atoms with Crippen LogP contribution in [-0.4, -0.2) is 15.6 Å². The predicted molar refractivity (Wildman–Crippen MR) is 53.6 cm³/mol. The normalized spacial score (nSPS) is 17.5. The summed E-state index contributed by atoms with van der Waals surface area (Å²) in [6.07, 6.45) is 4.96. The number of aromatic carboxylic acids is 1. The Morgan fingerprint density at radius 2 is 2.07 bits per heavy atom. The summed E-state index contributed by atoms with van der Waals surface area (Å²) >= 11 is 0. The molecule has 3 nitrogen and oxygen atoms in total. The van der Waals surface area contributed by atoms with Crippen LogP contribution >= 0.6 is 0 Å². The number of carboxylic acids is 1. The van der Waals surface area contributed by atoms with Gasteiger partial charge < -0.3 is 9.67 Å². The van der Waals surface area contributed by atoms with Gasteiger partial charge in [0.1, 0.15) is 5.69 Å². The molecule has 3 heteroatoms. The van der Waals surface area contributed by atoms with E-state index in [0.29, 0.717) is 11.6 Å². The Morgan fingerprint density at radius 3 is 2.57 bits per heavy atom. The van der Waals surface area contributed by atoms with Crippen LogP contribution in [0.2, 0.25) is 0 Å². The van der Waals surface area contributed by atoms with Crippen LogP contribution < -0.4 is 0 Å². The standard InChI is InChI=1S/C11H15NO2/c1-12-9(8-4-2-3-5-8)6-7-10(12)11(13)14/h6-8H,2-5H2,1H3,(H,13,14). The molecule has 1 heterocycles. The highest BCUT2D eigenvalue weighted by atomic mass is 16.4. The van der Waals surface area contributed by atoms with Gasteiger partial charge in [-0.2, -0.15) is 0 Å². The third kappa shape index (κ3) is 1.43.